The SMILES string of the molecule is COc1cc(NS(=O)(=O)c2ccccn2)c(OC)cc1Cl.Cl. The van der Waals surface area contributed by atoms with Crippen LogP contribution in [0.1, 0.15) is 0 Å². The summed E-state index contributed by atoms with van der Waals surface area (Å²) in [4.78, 5) is 3.81. The summed E-state index contributed by atoms with van der Waals surface area (Å²) >= 11 is 5.97. The molecule has 0 aliphatic rings. The van der Waals surface area contributed by atoms with Crippen LogP contribution < -0.4 is 14.2 Å². The molecule has 2 rings (SSSR count). The van der Waals surface area contributed by atoms with Gasteiger partial charge in [-0.3, -0.25) is 4.72 Å². The van der Waals surface area contributed by atoms with E-state index in [1.165, 1.54) is 38.6 Å². The van der Waals surface area contributed by atoms with E-state index in [0.717, 1.165) is 0 Å². The molecule has 2 aromatic rings. The highest BCUT2D eigenvalue weighted by Gasteiger charge is 2.19. The number of hydrogen-bond donors (Lipinski definition) is 1. The zero-order valence-electron chi connectivity index (χ0n) is 11.7. The van der Waals surface area contributed by atoms with E-state index in [9.17, 15) is 8.42 Å². The summed E-state index contributed by atoms with van der Waals surface area (Å²) in [5.41, 5.74) is 0.212. The third kappa shape index (κ3) is 3.94. The van der Waals surface area contributed by atoms with Crippen molar-refractivity contribution in [3.63, 3.8) is 0 Å². The van der Waals surface area contributed by atoms with Crippen LogP contribution in [-0.4, -0.2) is 27.6 Å². The lowest BCUT2D eigenvalue weighted by Crippen LogP contribution is -2.15. The zero-order chi connectivity index (χ0) is 15.5. The summed E-state index contributed by atoms with van der Waals surface area (Å²) in [6.45, 7) is 0. The molecule has 1 N–H and O–H groups in total. The zero-order valence-corrected chi connectivity index (χ0v) is 14.1. The van der Waals surface area contributed by atoms with Crippen molar-refractivity contribution in [2.24, 2.45) is 0 Å². The van der Waals surface area contributed by atoms with Crippen LogP contribution in [-0.2, 0) is 10.0 Å². The summed E-state index contributed by atoms with van der Waals surface area (Å²) in [5, 5.41) is 0.219. The standard InChI is InChI=1S/C13H13ClN2O4S.ClH/c1-19-11-8-10(12(20-2)7-9(11)14)16-21(17,18)13-5-3-4-6-15-13;/h3-8,16H,1-2H3;1H. The van der Waals surface area contributed by atoms with Crippen LogP contribution in [0.3, 0.4) is 0 Å². The Hall–Kier alpha value is -1.70. The third-order valence-corrected chi connectivity index (χ3v) is 4.21. The largest absolute Gasteiger partial charge is 0.495 e. The molecular formula is C13H14Cl2N2O4S. The first-order chi connectivity index (χ1) is 9.97. The lowest BCUT2D eigenvalue weighted by Gasteiger charge is -2.13. The number of pyridine rings is 1. The molecular weight excluding hydrogens is 351 g/mol. The molecule has 1 aromatic heterocycles. The molecule has 120 valence electrons. The second kappa shape index (κ2) is 7.53. The fraction of sp³-hybridized carbons (Fsp3) is 0.154. The Bertz CT molecular complexity index is 739. The highest BCUT2D eigenvalue weighted by atomic mass is 35.5. The molecule has 9 heteroatoms. The molecule has 0 saturated heterocycles. The molecule has 0 fully saturated rings. The van der Waals surface area contributed by atoms with Crippen molar-refractivity contribution >= 4 is 39.7 Å². The average molecular weight is 365 g/mol. The molecule has 1 heterocycles. The van der Waals surface area contributed by atoms with Crippen molar-refractivity contribution < 1.29 is 17.9 Å². The number of rotatable bonds is 5. The number of benzene rings is 1. The molecule has 0 atom stereocenters. The van der Waals surface area contributed by atoms with E-state index < -0.39 is 10.0 Å². The normalized spacial score (nSPS) is 10.5. The maximum absolute atomic E-state index is 12.3. The Kier molecular flexibility index (Phi) is 6.28. The van der Waals surface area contributed by atoms with Gasteiger partial charge in [0, 0.05) is 18.3 Å². The smallest absolute Gasteiger partial charge is 0.279 e. The van der Waals surface area contributed by atoms with Gasteiger partial charge in [-0.2, -0.15) is 8.42 Å². The van der Waals surface area contributed by atoms with Gasteiger partial charge in [0.1, 0.15) is 11.5 Å². The molecule has 1 aromatic carbocycles. The van der Waals surface area contributed by atoms with Gasteiger partial charge in [-0.25, -0.2) is 4.98 Å². The summed E-state index contributed by atoms with van der Waals surface area (Å²) in [6, 6.07) is 7.52. The predicted octanol–water partition coefficient (Wildman–Crippen LogP) is 2.97. The number of nitrogens with zero attached hydrogens (tertiary/aromatic N) is 1. The number of sulfonamides is 1. The van der Waals surface area contributed by atoms with Crippen molar-refractivity contribution in [3.8, 4) is 11.5 Å². The van der Waals surface area contributed by atoms with Crippen LogP contribution in [0.2, 0.25) is 5.02 Å². The summed E-state index contributed by atoms with van der Waals surface area (Å²) in [6.07, 6.45) is 1.40. The van der Waals surface area contributed by atoms with Crippen LogP contribution in [0.4, 0.5) is 5.69 Å². The summed E-state index contributed by atoms with van der Waals surface area (Å²) in [7, 11) is -0.975. The van der Waals surface area contributed by atoms with Gasteiger partial charge in [-0.1, -0.05) is 17.7 Å². The number of halogens is 2. The fourth-order valence-electron chi connectivity index (χ4n) is 1.64. The monoisotopic (exact) mass is 364 g/mol. The topological polar surface area (TPSA) is 77.5 Å². The number of ether oxygens (including phenoxy) is 2. The van der Waals surface area contributed by atoms with Crippen molar-refractivity contribution in [2.45, 2.75) is 5.03 Å². The molecule has 0 unspecified atom stereocenters. The number of aromatic nitrogens is 1. The fourth-order valence-corrected chi connectivity index (χ4v) is 2.89. The molecule has 0 bridgehead atoms. The molecule has 0 radical (unpaired) electrons. The first-order valence-electron chi connectivity index (χ1n) is 5.83. The van der Waals surface area contributed by atoms with Gasteiger partial charge < -0.3 is 9.47 Å². The highest BCUT2D eigenvalue weighted by molar-refractivity contribution is 7.92. The van der Waals surface area contributed by atoms with Gasteiger partial charge in [0.15, 0.2) is 5.03 Å². The minimum Gasteiger partial charge on any atom is -0.495 e. The van der Waals surface area contributed by atoms with Crippen molar-refractivity contribution in [3.05, 3.63) is 41.6 Å². The van der Waals surface area contributed by atoms with E-state index in [1.54, 1.807) is 12.1 Å². The second-order valence-corrected chi connectivity index (χ2v) is 6.00. The summed E-state index contributed by atoms with van der Waals surface area (Å²) < 4.78 is 37.1. The predicted molar refractivity (Wildman–Crippen MR) is 86.8 cm³/mol. The Labute approximate surface area is 139 Å². The van der Waals surface area contributed by atoms with E-state index >= 15 is 0 Å². The lowest BCUT2D eigenvalue weighted by molar-refractivity contribution is 0.405. The van der Waals surface area contributed by atoms with Gasteiger partial charge >= 0.3 is 0 Å². The van der Waals surface area contributed by atoms with Crippen LogP contribution in [0.15, 0.2) is 41.6 Å². The first kappa shape index (κ1) is 18.3. The molecule has 0 spiro atoms. The Morgan fingerprint density at radius 2 is 1.82 bits per heavy atom. The highest BCUT2D eigenvalue weighted by Crippen LogP contribution is 2.36. The maximum atomic E-state index is 12.3. The van der Waals surface area contributed by atoms with Gasteiger partial charge in [-0.05, 0) is 12.1 Å². The van der Waals surface area contributed by atoms with E-state index in [0.29, 0.717) is 10.8 Å². The van der Waals surface area contributed by atoms with Crippen LogP contribution in [0.5, 0.6) is 11.5 Å². The van der Waals surface area contributed by atoms with E-state index in [4.69, 9.17) is 21.1 Å². The number of anilines is 1. The molecule has 0 amide bonds. The van der Waals surface area contributed by atoms with Crippen LogP contribution >= 0.6 is 24.0 Å². The molecule has 6 nitrogen and oxygen atoms in total. The number of methoxy groups -OCH3 is 2. The molecule has 0 saturated carbocycles. The van der Waals surface area contributed by atoms with Crippen molar-refractivity contribution in [1.82, 2.24) is 4.98 Å². The van der Waals surface area contributed by atoms with E-state index in [1.807, 2.05) is 0 Å². The second-order valence-electron chi connectivity index (χ2n) is 3.96. The minimum atomic E-state index is -3.82. The van der Waals surface area contributed by atoms with Crippen molar-refractivity contribution in [1.29, 1.82) is 0 Å². The molecule has 22 heavy (non-hydrogen) atoms. The number of nitrogens with one attached hydrogen (secondary N) is 1. The van der Waals surface area contributed by atoms with Gasteiger partial charge in [-0.15, -0.1) is 12.4 Å². The first-order valence-corrected chi connectivity index (χ1v) is 7.69. The van der Waals surface area contributed by atoms with Gasteiger partial charge in [0.25, 0.3) is 10.0 Å². The van der Waals surface area contributed by atoms with Crippen LogP contribution in [0.25, 0.3) is 0 Å². The quantitative estimate of drug-likeness (QED) is 0.882. The Morgan fingerprint density at radius 1 is 1.14 bits per heavy atom. The Balaban J connectivity index is 0.00000242. The van der Waals surface area contributed by atoms with E-state index in [2.05, 4.69) is 9.71 Å². The minimum absolute atomic E-state index is 0. The van der Waals surface area contributed by atoms with Gasteiger partial charge in [0.05, 0.1) is 24.9 Å². The number of hydrogen-bond acceptors (Lipinski definition) is 5. The average Bonchev–Trinajstić information content (AvgIpc) is 2.49. The molecule has 0 aliphatic carbocycles. The maximum Gasteiger partial charge on any atom is 0.279 e. The van der Waals surface area contributed by atoms with E-state index in [-0.39, 0.29) is 28.9 Å². The Morgan fingerprint density at radius 3 is 2.36 bits per heavy atom. The van der Waals surface area contributed by atoms with Gasteiger partial charge in [0.2, 0.25) is 0 Å². The van der Waals surface area contributed by atoms with Crippen molar-refractivity contribution in [2.75, 3.05) is 18.9 Å². The molecule has 0 aliphatic heterocycles. The lowest BCUT2D eigenvalue weighted by atomic mass is 10.3. The summed E-state index contributed by atoms with van der Waals surface area (Å²) in [5.74, 6) is 0.608. The third-order valence-electron chi connectivity index (χ3n) is 2.63. The van der Waals surface area contributed by atoms with Crippen LogP contribution in [0, 0.1) is 0 Å².